The molecule has 0 amide bonds. The van der Waals surface area contributed by atoms with E-state index in [1.165, 1.54) is 0 Å². The Morgan fingerprint density at radius 2 is 1.96 bits per heavy atom. The minimum absolute atomic E-state index is 0.411. The number of thiazole rings is 1. The summed E-state index contributed by atoms with van der Waals surface area (Å²) >= 11 is 1.60. The van der Waals surface area contributed by atoms with E-state index < -0.39 is 0 Å². The highest BCUT2D eigenvalue weighted by molar-refractivity contribution is 7.13. The van der Waals surface area contributed by atoms with Gasteiger partial charge in [0.2, 0.25) is 0 Å². The Kier molecular flexibility index (Phi) is 4.28. The predicted molar refractivity (Wildman–Crippen MR) is 93.6 cm³/mol. The molecule has 24 heavy (non-hydrogen) atoms. The molecule has 3 aromatic heterocycles. The molecule has 4 rings (SSSR count). The Morgan fingerprint density at radius 3 is 2.75 bits per heavy atom. The zero-order valence-corrected chi connectivity index (χ0v) is 13.9. The first-order valence-corrected chi connectivity index (χ1v) is 8.76. The fourth-order valence-electron chi connectivity index (χ4n) is 2.89. The van der Waals surface area contributed by atoms with Crippen LogP contribution in [0.2, 0.25) is 0 Å². The Hall–Kier alpha value is -2.61. The summed E-state index contributed by atoms with van der Waals surface area (Å²) in [6.45, 7) is 1.94. The number of piperidine rings is 1. The average molecular weight is 339 g/mol. The summed E-state index contributed by atoms with van der Waals surface area (Å²) in [5.41, 5.74) is 1.12. The second kappa shape index (κ2) is 6.88. The van der Waals surface area contributed by atoms with Crippen molar-refractivity contribution >= 4 is 28.1 Å². The van der Waals surface area contributed by atoms with Crippen LogP contribution in [0.3, 0.4) is 0 Å². The molecule has 0 aromatic carbocycles. The molecule has 122 valence electrons. The smallest absolute Gasteiger partial charge is 0.188 e. The van der Waals surface area contributed by atoms with Crippen LogP contribution in [0, 0.1) is 0 Å². The molecule has 1 aliphatic rings. The summed E-state index contributed by atoms with van der Waals surface area (Å²) in [4.78, 5) is 23.9. The molecule has 1 atom stereocenters. The fraction of sp³-hybridized carbons (Fsp3) is 0.312. The minimum atomic E-state index is 0.411. The molecular formula is C16H17N7S. The molecule has 1 unspecified atom stereocenters. The van der Waals surface area contributed by atoms with E-state index in [1.54, 1.807) is 42.3 Å². The van der Waals surface area contributed by atoms with Gasteiger partial charge in [-0.2, -0.15) is 0 Å². The van der Waals surface area contributed by atoms with Crippen molar-refractivity contribution < 1.29 is 0 Å². The predicted octanol–water partition coefficient (Wildman–Crippen LogP) is 2.85. The van der Waals surface area contributed by atoms with Gasteiger partial charge < -0.3 is 10.2 Å². The topological polar surface area (TPSA) is 79.7 Å². The lowest BCUT2D eigenvalue weighted by Crippen LogP contribution is -2.35. The molecular weight excluding hydrogens is 322 g/mol. The molecule has 1 fully saturated rings. The van der Waals surface area contributed by atoms with Crippen LogP contribution in [0.5, 0.6) is 0 Å². The molecule has 0 aliphatic carbocycles. The minimum Gasteiger partial charge on any atom is -0.355 e. The first-order chi connectivity index (χ1) is 11.9. The average Bonchev–Trinajstić information content (AvgIpc) is 3.12. The maximum absolute atomic E-state index is 4.73. The number of nitrogens with zero attached hydrogens (tertiary/aromatic N) is 6. The molecule has 3 aromatic rings. The monoisotopic (exact) mass is 339 g/mol. The van der Waals surface area contributed by atoms with Crippen LogP contribution in [0.4, 0.5) is 16.8 Å². The number of rotatable bonds is 4. The van der Waals surface area contributed by atoms with Crippen molar-refractivity contribution in [3.63, 3.8) is 0 Å². The van der Waals surface area contributed by atoms with Gasteiger partial charge in [-0.3, -0.25) is 9.97 Å². The van der Waals surface area contributed by atoms with Gasteiger partial charge in [0.25, 0.3) is 0 Å². The number of anilines is 3. The summed E-state index contributed by atoms with van der Waals surface area (Å²) in [6.07, 6.45) is 12.6. The lowest BCUT2D eigenvalue weighted by Gasteiger charge is -2.32. The van der Waals surface area contributed by atoms with Crippen molar-refractivity contribution in [2.45, 2.75) is 18.8 Å². The molecule has 0 radical (unpaired) electrons. The third kappa shape index (κ3) is 3.33. The van der Waals surface area contributed by atoms with Crippen molar-refractivity contribution in [2.75, 3.05) is 23.3 Å². The molecule has 1 saturated heterocycles. The van der Waals surface area contributed by atoms with E-state index in [0.29, 0.717) is 11.7 Å². The lowest BCUT2D eigenvalue weighted by molar-refractivity contribution is 0.500. The molecule has 4 heterocycles. The molecule has 1 N–H and O–H groups in total. The summed E-state index contributed by atoms with van der Waals surface area (Å²) in [7, 11) is 0. The summed E-state index contributed by atoms with van der Waals surface area (Å²) in [6, 6.07) is 0. The maximum atomic E-state index is 4.73. The number of hydrogen-bond acceptors (Lipinski definition) is 8. The first kappa shape index (κ1) is 14.9. The van der Waals surface area contributed by atoms with Crippen LogP contribution < -0.4 is 10.2 Å². The zero-order valence-electron chi connectivity index (χ0n) is 13.0. The van der Waals surface area contributed by atoms with Gasteiger partial charge in [0, 0.05) is 49.2 Å². The summed E-state index contributed by atoms with van der Waals surface area (Å²) in [5, 5.41) is 6.18. The molecule has 1 aliphatic heterocycles. The van der Waals surface area contributed by atoms with Gasteiger partial charge in [0.1, 0.15) is 5.82 Å². The normalized spacial score (nSPS) is 17.7. The van der Waals surface area contributed by atoms with Gasteiger partial charge in [0.15, 0.2) is 10.9 Å². The van der Waals surface area contributed by atoms with Crippen molar-refractivity contribution in [1.82, 2.24) is 24.9 Å². The van der Waals surface area contributed by atoms with Crippen LogP contribution in [-0.4, -0.2) is 38.0 Å². The number of aromatic nitrogens is 5. The van der Waals surface area contributed by atoms with Crippen LogP contribution in [0.25, 0.3) is 0 Å². The van der Waals surface area contributed by atoms with Crippen molar-refractivity contribution in [1.29, 1.82) is 0 Å². The van der Waals surface area contributed by atoms with E-state index in [0.717, 1.165) is 42.6 Å². The van der Waals surface area contributed by atoms with Gasteiger partial charge in [-0.25, -0.2) is 15.0 Å². The van der Waals surface area contributed by atoms with Crippen LogP contribution >= 0.6 is 11.3 Å². The van der Waals surface area contributed by atoms with E-state index in [9.17, 15) is 0 Å². The van der Waals surface area contributed by atoms with Crippen LogP contribution in [0.1, 0.15) is 24.5 Å². The number of nitrogens with one attached hydrogen (secondary N) is 1. The summed E-state index contributed by atoms with van der Waals surface area (Å²) < 4.78 is 0. The third-order valence-electron chi connectivity index (χ3n) is 4.03. The van der Waals surface area contributed by atoms with Crippen LogP contribution in [0.15, 0.2) is 42.6 Å². The molecule has 0 saturated carbocycles. The van der Waals surface area contributed by atoms with E-state index in [4.69, 9.17) is 4.98 Å². The van der Waals surface area contributed by atoms with Crippen LogP contribution in [-0.2, 0) is 0 Å². The molecule has 0 spiro atoms. The quantitative estimate of drug-likeness (QED) is 0.783. The maximum Gasteiger partial charge on any atom is 0.188 e. The Labute approximate surface area is 143 Å². The van der Waals surface area contributed by atoms with Gasteiger partial charge >= 0.3 is 0 Å². The van der Waals surface area contributed by atoms with Gasteiger partial charge in [-0.1, -0.05) is 0 Å². The highest BCUT2D eigenvalue weighted by Crippen LogP contribution is 2.31. The standard InChI is InChI=1S/C16H17N7S/c1-2-12(10-23(7-1)15-9-18-4-6-20-15)13-11-24-16(21-13)22-14-8-17-3-5-19-14/h3-6,8-9,11-12H,1-2,7,10H2,(H,19,21,22). The Bertz CT molecular complexity index is 777. The molecule has 0 bridgehead atoms. The van der Waals surface area contributed by atoms with Gasteiger partial charge in [-0.05, 0) is 12.8 Å². The Balaban J connectivity index is 1.46. The highest BCUT2D eigenvalue weighted by atomic mass is 32.1. The second-order valence-corrected chi connectivity index (χ2v) is 6.50. The Morgan fingerprint density at radius 1 is 1.08 bits per heavy atom. The van der Waals surface area contributed by atoms with Crippen molar-refractivity contribution in [3.05, 3.63) is 48.3 Å². The van der Waals surface area contributed by atoms with Gasteiger partial charge in [-0.15, -0.1) is 11.3 Å². The zero-order chi connectivity index (χ0) is 16.2. The number of hydrogen-bond donors (Lipinski definition) is 1. The van der Waals surface area contributed by atoms with E-state index in [1.807, 2.05) is 6.20 Å². The van der Waals surface area contributed by atoms with Crippen molar-refractivity contribution in [2.24, 2.45) is 0 Å². The van der Waals surface area contributed by atoms with Crippen molar-refractivity contribution in [3.8, 4) is 0 Å². The molecule has 7 nitrogen and oxygen atoms in total. The first-order valence-electron chi connectivity index (χ1n) is 7.88. The fourth-order valence-corrected chi connectivity index (χ4v) is 3.68. The molecule has 8 heteroatoms. The highest BCUT2D eigenvalue weighted by Gasteiger charge is 2.24. The largest absolute Gasteiger partial charge is 0.355 e. The SMILES string of the molecule is c1cnc(Nc2nc(C3CCCN(c4cnccn4)C3)cs2)cn1. The van der Waals surface area contributed by atoms with E-state index >= 15 is 0 Å². The summed E-state index contributed by atoms with van der Waals surface area (Å²) in [5.74, 6) is 2.06. The van der Waals surface area contributed by atoms with E-state index in [2.05, 4.69) is 35.5 Å². The second-order valence-electron chi connectivity index (χ2n) is 5.64. The van der Waals surface area contributed by atoms with E-state index in [-0.39, 0.29) is 0 Å². The third-order valence-corrected chi connectivity index (χ3v) is 4.81. The van der Waals surface area contributed by atoms with Gasteiger partial charge in [0.05, 0.1) is 18.1 Å². The lowest BCUT2D eigenvalue weighted by atomic mass is 9.95.